The van der Waals surface area contributed by atoms with Crippen LogP contribution in [-0.4, -0.2) is 15.0 Å². The lowest BCUT2D eigenvalue weighted by Crippen LogP contribution is -2.28. The normalized spacial score (nSPS) is 12.6. The quantitative estimate of drug-likeness (QED) is 0.161. The minimum Gasteiger partial charge on any atom is -0.255 e. The van der Waals surface area contributed by atoms with E-state index < -0.39 is 5.41 Å². The van der Waals surface area contributed by atoms with Gasteiger partial charge in [0, 0.05) is 38.5 Å². The Morgan fingerprint density at radius 2 is 0.919 bits per heavy atom. The molecule has 3 aromatic heterocycles. The smallest absolute Gasteiger partial charge is 0.161 e. The van der Waals surface area contributed by atoms with Crippen molar-refractivity contribution >= 4 is 31.6 Å². The first-order valence-corrected chi connectivity index (χ1v) is 21.8. The van der Waals surface area contributed by atoms with Gasteiger partial charge in [-0.3, -0.25) is 4.98 Å². The first kappa shape index (κ1) is 36.1. The number of rotatable bonds is 7. The Morgan fingerprint density at radius 3 is 1.60 bits per heavy atom. The lowest BCUT2D eigenvalue weighted by Gasteiger charge is -2.34. The minimum absolute atomic E-state index is 0.505. The predicted octanol–water partition coefficient (Wildman–Crippen LogP) is 14.9. The van der Waals surface area contributed by atoms with E-state index >= 15 is 0 Å². The van der Waals surface area contributed by atoms with E-state index in [1.165, 1.54) is 43.5 Å². The monoisotopic (exact) mass is 807 g/mol. The van der Waals surface area contributed by atoms with Gasteiger partial charge >= 0.3 is 0 Å². The number of hydrogen-bond acceptors (Lipinski definition) is 4. The second-order valence-corrected chi connectivity index (χ2v) is 16.9. The van der Waals surface area contributed by atoms with E-state index in [4.69, 9.17) is 15.0 Å². The summed E-state index contributed by atoms with van der Waals surface area (Å²) in [6, 6.07) is 78.5. The molecule has 0 radical (unpaired) electrons. The SMILES string of the molecule is c1ccc(-c2cc(-c3ccccc3)nc(-c3cc(-c4ccc5c(c4)C(c4ccccc4)(c4ccccc4)c4ccccc4-5)ccc3-c3ccnc4c3sc3ccccc34)n2)cc1. The maximum atomic E-state index is 5.41. The lowest BCUT2D eigenvalue weighted by atomic mass is 9.67. The summed E-state index contributed by atoms with van der Waals surface area (Å²) in [6.07, 6.45) is 1.94. The molecule has 3 heterocycles. The van der Waals surface area contributed by atoms with E-state index in [1.807, 2.05) is 18.3 Å². The van der Waals surface area contributed by atoms with Crippen molar-refractivity contribution in [2.24, 2.45) is 0 Å². The van der Waals surface area contributed by atoms with Crippen molar-refractivity contribution in [2.75, 3.05) is 0 Å². The van der Waals surface area contributed by atoms with Gasteiger partial charge in [0.2, 0.25) is 0 Å². The zero-order chi connectivity index (χ0) is 41.0. The first-order chi connectivity index (χ1) is 30.7. The molecule has 1 aliphatic carbocycles. The first-order valence-electron chi connectivity index (χ1n) is 21.0. The molecule has 0 atom stereocenters. The molecule has 290 valence electrons. The molecule has 0 bridgehead atoms. The van der Waals surface area contributed by atoms with Gasteiger partial charge in [0.1, 0.15) is 0 Å². The average Bonchev–Trinajstić information content (AvgIpc) is 3.89. The highest BCUT2D eigenvalue weighted by Gasteiger charge is 2.46. The van der Waals surface area contributed by atoms with Gasteiger partial charge in [0.05, 0.1) is 27.0 Å². The summed E-state index contributed by atoms with van der Waals surface area (Å²) in [7, 11) is 0. The molecule has 0 saturated heterocycles. The lowest BCUT2D eigenvalue weighted by molar-refractivity contribution is 0.769. The summed E-state index contributed by atoms with van der Waals surface area (Å²) in [5.41, 5.74) is 17.3. The van der Waals surface area contributed by atoms with Crippen LogP contribution >= 0.6 is 11.3 Å². The summed E-state index contributed by atoms with van der Waals surface area (Å²) in [6.45, 7) is 0. The highest BCUT2D eigenvalue weighted by molar-refractivity contribution is 7.26. The summed E-state index contributed by atoms with van der Waals surface area (Å²) in [5, 5.41) is 1.17. The van der Waals surface area contributed by atoms with Crippen molar-refractivity contribution in [2.45, 2.75) is 5.41 Å². The molecule has 0 N–H and O–H groups in total. The minimum atomic E-state index is -0.505. The topological polar surface area (TPSA) is 38.7 Å². The van der Waals surface area contributed by atoms with E-state index in [0.29, 0.717) is 5.82 Å². The Kier molecular flexibility index (Phi) is 8.58. The number of pyridine rings is 1. The second kappa shape index (κ2) is 14.7. The molecule has 4 heteroatoms. The maximum Gasteiger partial charge on any atom is 0.161 e. The molecule has 0 amide bonds. The third-order valence-electron chi connectivity index (χ3n) is 12.5. The molecule has 62 heavy (non-hydrogen) atoms. The molecule has 3 nitrogen and oxygen atoms in total. The molecular weight excluding hydrogens is 771 g/mol. The highest BCUT2D eigenvalue weighted by Crippen LogP contribution is 2.57. The highest BCUT2D eigenvalue weighted by atomic mass is 32.1. The zero-order valence-electron chi connectivity index (χ0n) is 33.6. The zero-order valence-corrected chi connectivity index (χ0v) is 34.4. The molecule has 1 aliphatic rings. The van der Waals surface area contributed by atoms with Gasteiger partial charge < -0.3 is 0 Å². The van der Waals surface area contributed by atoms with Crippen LogP contribution < -0.4 is 0 Å². The fourth-order valence-corrected chi connectivity index (χ4v) is 10.9. The third-order valence-corrected chi connectivity index (χ3v) is 13.7. The molecule has 0 fully saturated rings. The van der Waals surface area contributed by atoms with Crippen molar-refractivity contribution < 1.29 is 0 Å². The summed E-state index contributed by atoms with van der Waals surface area (Å²) in [4.78, 5) is 15.7. The van der Waals surface area contributed by atoms with Gasteiger partial charge in [-0.05, 0) is 80.4 Å². The Morgan fingerprint density at radius 1 is 0.371 bits per heavy atom. The third kappa shape index (κ3) is 5.76. The Bertz CT molecular complexity index is 3350. The fraction of sp³-hybridized carbons (Fsp3) is 0.0172. The van der Waals surface area contributed by atoms with Gasteiger partial charge in [-0.2, -0.15) is 0 Å². The Balaban J connectivity index is 1.12. The molecule has 11 aromatic rings. The van der Waals surface area contributed by atoms with Gasteiger partial charge in [-0.25, -0.2) is 9.97 Å². The number of hydrogen-bond donors (Lipinski definition) is 0. The number of fused-ring (bicyclic) bond motifs is 6. The molecule has 0 spiro atoms. The van der Waals surface area contributed by atoms with Crippen LogP contribution in [-0.2, 0) is 5.41 Å². The van der Waals surface area contributed by atoms with Crippen molar-refractivity contribution in [3.8, 4) is 67.3 Å². The van der Waals surface area contributed by atoms with Crippen molar-refractivity contribution in [3.63, 3.8) is 0 Å². The van der Waals surface area contributed by atoms with E-state index in [2.05, 4.69) is 206 Å². The van der Waals surface area contributed by atoms with Crippen LogP contribution in [0.5, 0.6) is 0 Å². The molecule has 0 aliphatic heterocycles. The van der Waals surface area contributed by atoms with Crippen LogP contribution in [0.15, 0.2) is 225 Å². The van der Waals surface area contributed by atoms with Gasteiger partial charge in [0.25, 0.3) is 0 Å². The van der Waals surface area contributed by atoms with Crippen molar-refractivity contribution in [3.05, 3.63) is 247 Å². The molecular formula is C58H37N3S. The van der Waals surface area contributed by atoms with Crippen molar-refractivity contribution in [1.29, 1.82) is 0 Å². The van der Waals surface area contributed by atoms with Crippen molar-refractivity contribution in [1.82, 2.24) is 15.0 Å². The van der Waals surface area contributed by atoms with Crippen LogP contribution in [0, 0.1) is 0 Å². The van der Waals surface area contributed by atoms with E-state index in [-0.39, 0.29) is 0 Å². The average molecular weight is 808 g/mol. The Labute approximate surface area is 364 Å². The van der Waals surface area contributed by atoms with E-state index in [9.17, 15) is 0 Å². The number of nitrogens with zero attached hydrogens (tertiary/aromatic N) is 3. The second-order valence-electron chi connectivity index (χ2n) is 15.9. The van der Waals surface area contributed by atoms with Gasteiger partial charge in [0.15, 0.2) is 5.82 Å². The summed E-state index contributed by atoms with van der Waals surface area (Å²) >= 11 is 1.79. The van der Waals surface area contributed by atoms with E-state index in [0.717, 1.165) is 60.5 Å². The molecule has 0 saturated carbocycles. The van der Waals surface area contributed by atoms with Gasteiger partial charge in [-0.1, -0.05) is 188 Å². The van der Waals surface area contributed by atoms with Crippen LogP contribution in [0.25, 0.3) is 87.6 Å². The molecule has 12 rings (SSSR count). The fourth-order valence-electron chi connectivity index (χ4n) is 9.67. The maximum absolute atomic E-state index is 5.41. The summed E-state index contributed by atoms with van der Waals surface area (Å²) in [5.74, 6) is 0.671. The van der Waals surface area contributed by atoms with Crippen LogP contribution in [0.2, 0.25) is 0 Å². The van der Waals surface area contributed by atoms with Crippen LogP contribution in [0.3, 0.4) is 0 Å². The summed E-state index contributed by atoms with van der Waals surface area (Å²) < 4.78 is 2.37. The Hall–Kier alpha value is -7.79. The number of benzene rings is 8. The van der Waals surface area contributed by atoms with E-state index in [1.54, 1.807) is 11.3 Å². The largest absolute Gasteiger partial charge is 0.255 e. The van der Waals surface area contributed by atoms with Crippen LogP contribution in [0.4, 0.5) is 0 Å². The number of thiophene rings is 1. The predicted molar refractivity (Wildman–Crippen MR) is 257 cm³/mol. The molecule has 0 unspecified atom stereocenters. The standard InChI is InChI=1S/C58H37N3S/c1-5-17-38(18-6-1)52-37-53(39-19-7-2-8-20-39)61-57(60-52)49-35-40(29-31-44(49)47-33-34-59-55-48-26-14-16-28-54(48)62-56(47)55)41-30-32-46-45-25-13-15-27-50(45)58(51(46)36-41,42-21-9-3-10-22-42)43-23-11-4-12-24-43/h1-37H. The number of aromatic nitrogens is 3. The molecule has 8 aromatic carbocycles. The van der Waals surface area contributed by atoms with Crippen LogP contribution in [0.1, 0.15) is 22.3 Å². The van der Waals surface area contributed by atoms with Gasteiger partial charge in [-0.15, -0.1) is 11.3 Å².